The van der Waals surface area contributed by atoms with Gasteiger partial charge in [-0.3, -0.25) is 14.6 Å². The van der Waals surface area contributed by atoms with Crippen LogP contribution in [0.1, 0.15) is 31.8 Å². The van der Waals surface area contributed by atoms with Gasteiger partial charge in [0, 0.05) is 55.5 Å². The molecule has 6 N–H and O–H groups in total. The molecular formula is C17H20N5NaO2. The number of benzene rings is 1. The maximum atomic E-state index is 13.0. The Bertz CT molecular complexity index is 744. The number of hydrogen-bond acceptors (Lipinski definition) is 7. The number of nitrogens with two attached hydrogens (primary N) is 2. The van der Waals surface area contributed by atoms with Crippen molar-refractivity contribution in [1.29, 1.82) is 0 Å². The molecule has 8 heteroatoms. The predicted octanol–water partition coefficient (Wildman–Crippen LogP) is -0.0503. The minimum absolute atomic E-state index is 0. The summed E-state index contributed by atoms with van der Waals surface area (Å²) in [6, 6.07) is 5.13. The van der Waals surface area contributed by atoms with Gasteiger partial charge in [-0.05, 0) is 18.2 Å². The van der Waals surface area contributed by atoms with Crippen molar-refractivity contribution >= 4 is 52.5 Å². The van der Waals surface area contributed by atoms with Crippen LogP contribution in [-0.2, 0) is 0 Å². The molecule has 0 saturated carbocycles. The zero-order valence-electron chi connectivity index (χ0n) is 13.1. The van der Waals surface area contributed by atoms with Gasteiger partial charge in [0.2, 0.25) is 0 Å². The van der Waals surface area contributed by atoms with Crippen molar-refractivity contribution in [3.05, 3.63) is 52.8 Å². The van der Waals surface area contributed by atoms with E-state index in [4.69, 9.17) is 11.5 Å². The third-order valence-corrected chi connectivity index (χ3v) is 3.89. The van der Waals surface area contributed by atoms with Crippen molar-refractivity contribution in [1.82, 2.24) is 4.98 Å². The van der Waals surface area contributed by atoms with Crippen molar-refractivity contribution in [2.45, 2.75) is 0 Å². The monoisotopic (exact) mass is 349 g/mol. The van der Waals surface area contributed by atoms with E-state index in [1.165, 1.54) is 12.4 Å². The fourth-order valence-electron chi connectivity index (χ4n) is 2.83. The van der Waals surface area contributed by atoms with E-state index in [9.17, 15) is 9.59 Å². The van der Waals surface area contributed by atoms with Gasteiger partial charge in [-0.2, -0.15) is 0 Å². The fraction of sp³-hybridized carbons (Fsp3) is 0.235. The van der Waals surface area contributed by atoms with Gasteiger partial charge in [0.05, 0.1) is 16.7 Å². The topological polar surface area (TPSA) is 123 Å². The van der Waals surface area contributed by atoms with Crippen molar-refractivity contribution in [3.8, 4) is 0 Å². The van der Waals surface area contributed by atoms with Crippen LogP contribution in [0.5, 0.6) is 0 Å². The number of hydrogen-bond donors (Lipinski definition) is 4. The Morgan fingerprint density at radius 3 is 1.88 bits per heavy atom. The van der Waals surface area contributed by atoms with Gasteiger partial charge in [0.15, 0.2) is 11.6 Å². The summed E-state index contributed by atoms with van der Waals surface area (Å²) in [6.45, 7) is 1.85. The first-order valence-corrected chi connectivity index (χ1v) is 7.77. The molecule has 0 atom stereocenters. The number of fused-ring (bicyclic) bond motifs is 2. The zero-order chi connectivity index (χ0) is 17.1. The van der Waals surface area contributed by atoms with Crippen LogP contribution in [0.25, 0.3) is 0 Å². The summed E-state index contributed by atoms with van der Waals surface area (Å²) < 4.78 is 0. The van der Waals surface area contributed by atoms with E-state index in [2.05, 4.69) is 15.6 Å². The molecule has 25 heavy (non-hydrogen) atoms. The first-order chi connectivity index (χ1) is 11.7. The van der Waals surface area contributed by atoms with E-state index in [-0.39, 0.29) is 41.1 Å². The van der Waals surface area contributed by atoms with E-state index in [1.54, 1.807) is 18.2 Å². The average Bonchev–Trinajstić information content (AvgIpc) is 2.62. The molecule has 1 heterocycles. The van der Waals surface area contributed by atoms with E-state index in [0.717, 1.165) is 0 Å². The molecule has 0 aliphatic heterocycles. The number of nitrogens with one attached hydrogen (secondary N) is 2. The summed E-state index contributed by atoms with van der Waals surface area (Å²) >= 11 is 0. The molecular weight excluding hydrogens is 329 g/mol. The van der Waals surface area contributed by atoms with Crippen molar-refractivity contribution in [3.63, 3.8) is 0 Å². The molecule has 126 valence electrons. The van der Waals surface area contributed by atoms with Crippen LogP contribution in [0.15, 0.2) is 30.6 Å². The summed E-state index contributed by atoms with van der Waals surface area (Å²) in [4.78, 5) is 29.9. The summed E-state index contributed by atoms with van der Waals surface area (Å²) in [5.74, 6) is -0.415. The van der Waals surface area contributed by atoms with Crippen molar-refractivity contribution < 1.29 is 9.59 Å². The fourth-order valence-corrected chi connectivity index (χ4v) is 2.83. The Morgan fingerprint density at radius 2 is 1.36 bits per heavy atom. The Hall–Kier alpha value is -1.77. The Balaban J connectivity index is 0.00000225. The van der Waals surface area contributed by atoms with Crippen LogP contribution in [0, 0.1) is 0 Å². The Labute approximate surface area is 167 Å². The van der Waals surface area contributed by atoms with Crippen LogP contribution >= 0.6 is 0 Å². The average molecular weight is 349 g/mol. The number of ketones is 2. The van der Waals surface area contributed by atoms with Gasteiger partial charge < -0.3 is 22.1 Å². The first kappa shape index (κ1) is 19.6. The van der Waals surface area contributed by atoms with Crippen LogP contribution in [0.3, 0.4) is 0 Å². The standard InChI is InChI=1S/C17H19N5O2.Na.H/c18-4-7-21-12-1-2-13(22-8-5-19)15-14(12)16(23)10-3-6-20-9-11(10)17(15)24;;/h1-3,6,9,21-22H,4-5,7-8,18-19H2;;. The van der Waals surface area contributed by atoms with E-state index >= 15 is 0 Å². The third kappa shape index (κ3) is 3.61. The van der Waals surface area contributed by atoms with Crippen LogP contribution < -0.4 is 22.1 Å². The summed E-state index contributed by atoms with van der Waals surface area (Å²) in [5.41, 5.74) is 13.7. The molecule has 1 aliphatic carbocycles. The van der Waals surface area contributed by atoms with Gasteiger partial charge in [-0.1, -0.05) is 0 Å². The molecule has 0 saturated heterocycles. The van der Waals surface area contributed by atoms with Crippen molar-refractivity contribution in [2.75, 3.05) is 36.8 Å². The molecule has 0 spiro atoms. The van der Waals surface area contributed by atoms with Gasteiger partial charge >= 0.3 is 29.6 Å². The number of carbonyl (C=O) groups excluding carboxylic acids is 2. The second kappa shape index (κ2) is 8.55. The molecule has 1 aromatic heterocycles. The summed E-state index contributed by atoms with van der Waals surface area (Å²) in [6.07, 6.45) is 2.95. The van der Waals surface area contributed by atoms with Gasteiger partial charge in [0.1, 0.15) is 0 Å². The number of aromatic nitrogens is 1. The normalized spacial score (nSPS) is 12.1. The number of rotatable bonds is 6. The van der Waals surface area contributed by atoms with Gasteiger partial charge in [-0.15, -0.1) is 0 Å². The molecule has 0 fully saturated rings. The molecule has 2 aromatic rings. The second-order valence-electron chi connectivity index (χ2n) is 5.42. The predicted molar refractivity (Wildman–Crippen MR) is 99.8 cm³/mol. The number of nitrogens with zero attached hydrogens (tertiary/aromatic N) is 1. The van der Waals surface area contributed by atoms with Crippen LogP contribution in [0.4, 0.5) is 11.4 Å². The number of pyridine rings is 1. The van der Waals surface area contributed by atoms with Gasteiger partial charge in [-0.25, -0.2) is 0 Å². The molecule has 7 nitrogen and oxygen atoms in total. The number of anilines is 2. The zero-order valence-corrected chi connectivity index (χ0v) is 13.1. The molecule has 0 radical (unpaired) electrons. The van der Waals surface area contributed by atoms with E-state index in [0.29, 0.717) is 59.8 Å². The SMILES string of the molecule is NCCNc1ccc(NCCN)c2c1C(=O)c1ccncc1C2=O.[NaH]. The molecule has 1 aliphatic rings. The number of carbonyl (C=O) groups is 2. The van der Waals surface area contributed by atoms with E-state index in [1.807, 2.05) is 0 Å². The van der Waals surface area contributed by atoms with Crippen LogP contribution in [0.2, 0.25) is 0 Å². The quantitative estimate of drug-likeness (QED) is 0.460. The van der Waals surface area contributed by atoms with Gasteiger partial charge in [0.25, 0.3) is 0 Å². The minimum atomic E-state index is -0.219. The molecule has 0 unspecified atom stereocenters. The van der Waals surface area contributed by atoms with E-state index < -0.39 is 0 Å². The Kier molecular flexibility index (Phi) is 6.69. The molecule has 3 rings (SSSR count). The summed E-state index contributed by atoms with van der Waals surface area (Å²) in [7, 11) is 0. The van der Waals surface area contributed by atoms with Crippen LogP contribution in [-0.4, -0.2) is 72.3 Å². The second-order valence-corrected chi connectivity index (χ2v) is 5.42. The van der Waals surface area contributed by atoms with Crippen molar-refractivity contribution in [2.24, 2.45) is 11.5 Å². The molecule has 0 amide bonds. The summed E-state index contributed by atoms with van der Waals surface area (Å²) in [5, 5.41) is 6.24. The molecule has 1 aromatic carbocycles. The molecule has 0 bridgehead atoms. The third-order valence-electron chi connectivity index (χ3n) is 3.89. The maximum absolute atomic E-state index is 13.0. The Morgan fingerprint density at radius 1 is 0.840 bits per heavy atom. The first-order valence-electron chi connectivity index (χ1n) is 7.77.